The largest absolute Gasteiger partial charge is 0.412 e. The van der Waals surface area contributed by atoms with Crippen LogP contribution in [0.5, 0.6) is 0 Å². The number of hydrogen-bond donors (Lipinski definition) is 2. The number of hydroxylamine groups is 1. The fourth-order valence-corrected chi connectivity index (χ4v) is 0.416. The summed E-state index contributed by atoms with van der Waals surface area (Å²) in [5.41, 5.74) is 7.74. The van der Waals surface area contributed by atoms with Crippen molar-refractivity contribution in [1.82, 2.24) is 5.48 Å². The van der Waals surface area contributed by atoms with Gasteiger partial charge in [0.05, 0.1) is 5.57 Å². The zero-order chi connectivity index (χ0) is 5.98. The fraction of sp³-hybridized carbons (Fsp3) is 0.250. The standard InChI is InChI=1S/C4H6N2O2.H2O/c5-4(7)3-1-6-8-2-3;/h1,6H,2H2,(H2,5,7);1H2. The first-order chi connectivity index (χ1) is 3.80. The Hall–Kier alpha value is -1.07. The molecular formula is C4H8N2O3. The van der Waals surface area contributed by atoms with Gasteiger partial charge in [-0.15, -0.1) is 0 Å². The number of nitrogens with two attached hydrogens (primary N) is 1. The minimum atomic E-state index is -0.435. The summed E-state index contributed by atoms with van der Waals surface area (Å²) < 4.78 is 0. The molecule has 1 aliphatic rings. The summed E-state index contributed by atoms with van der Waals surface area (Å²) in [5.74, 6) is -0.435. The van der Waals surface area contributed by atoms with Gasteiger partial charge in [0.25, 0.3) is 0 Å². The molecule has 0 atom stereocenters. The lowest BCUT2D eigenvalue weighted by atomic mass is 10.3. The highest BCUT2D eigenvalue weighted by Gasteiger charge is 2.08. The van der Waals surface area contributed by atoms with Gasteiger partial charge in [-0.1, -0.05) is 0 Å². The highest BCUT2D eigenvalue weighted by Crippen LogP contribution is 1.96. The van der Waals surface area contributed by atoms with E-state index in [-0.39, 0.29) is 12.1 Å². The van der Waals surface area contributed by atoms with Crippen LogP contribution in [-0.2, 0) is 9.63 Å². The third kappa shape index (κ3) is 1.71. The van der Waals surface area contributed by atoms with E-state index < -0.39 is 5.91 Å². The van der Waals surface area contributed by atoms with Gasteiger partial charge in [0.1, 0.15) is 6.61 Å². The first kappa shape index (κ1) is 7.93. The van der Waals surface area contributed by atoms with E-state index in [1.54, 1.807) is 0 Å². The molecule has 1 amide bonds. The van der Waals surface area contributed by atoms with Gasteiger partial charge in [0.2, 0.25) is 5.91 Å². The Bertz CT molecular complexity index is 143. The second-order valence-corrected chi connectivity index (χ2v) is 1.44. The van der Waals surface area contributed by atoms with Crippen LogP contribution in [0.25, 0.3) is 0 Å². The van der Waals surface area contributed by atoms with E-state index in [4.69, 9.17) is 5.73 Å². The van der Waals surface area contributed by atoms with Crippen molar-refractivity contribution in [2.24, 2.45) is 5.73 Å². The van der Waals surface area contributed by atoms with Crippen LogP contribution in [0.2, 0.25) is 0 Å². The van der Waals surface area contributed by atoms with E-state index in [0.717, 1.165) is 0 Å². The van der Waals surface area contributed by atoms with Crippen LogP contribution in [0, 0.1) is 0 Å². The number of nitrogens with one attached hydrogen (secondary N) is 1. The maximum atomic E-state index is 10.2. The van der Waals surface area contributed by atoms with Crippen molar-refractivity contribution in [2.45, 2.75) is 0 Å². The SMILES string of the molecule is NC(=O)C1=CNOC1.O. The van der Waals surface area contributed by atoms with E-state index in [1.807, 2.05) is 0 Å². The molecule has 0 aromatic heterocycles. The number of carbonyl (C=O) groups excluding carboxylic acids is 1. The first-order valence-corrected chi connectivity index (χ1v) is 2.17. The minimum absolute atomic E-state index is 0. The molecule has 5 heteroatoms. The molecule has 0 unspecified atom stereocenters. The second kappa shape index (κ2) is 3.06. The summed E-state index contributed by atoms with van der Waals surface area (Å²) >= 11 is 0. The number of hydrogen-bond acceptors (Lipinski definition) is 3. The van der Waals surface area contributed by atoms with Gasteiger partial charge in [-0.3, -0.25) is 15.1 Å². The highest BCUT2D eigenvalue weighted by molar-refractivity contribution is 5.92. The zero-order valence-electron chi connectivity index (χ0n) is 4.68. The van der Waals surface area contributed by atoms with Crippen LogP contribution in [0.15, 0.2) is 11.8 Å². The topological polar surface area (TPSA) is 95.9 Å². The lowest BCUT2D eigenvalue weighted by molar-refractivity contribution is -0.114. The Kier molecular flexibility index (Phi) is 2.69. The van der Waals surface area contributed by atoms with Crippen molar-refractivity contribution in [3.05, 3.63) is 11.8 Å². The normalized spacial score (nSPS) is 15.3. The van der Waals surface area contributed by atoms with Crippen molar-refractivity contribution in [3.63, 3.8) is 0 Å². The molecule has 0 radical (unpaired) electrons. The molecule has 0 saturated carbocycles. The van der Waals surface area contributed by atoms with Gasteiger partial charge >= 0.3 is 0 Å². The molecule has 0 fully saturated rings. The quantitative estimate of drug-likeness (QED) is 0.434. The molecule has 0 saturated heterocycles. The smallest absolute Gasteiger partial charge is 0.248 e. The fourth-order valence-electron chi connectivity index (χ4n) is 0.416. The summed E-state index contributed by atoms with van der Waals surface area (Å²) in [6, 6.07) is 0. The monoisotopic (exact) mass is 132 g/mol. The molecule has 5 nitrogen and oxygen atoms in total. The van der Waals surface area contributed by atoms with E-state index in [2.05, 4.69) is 10.3 Å². The van der Waals surface area contributed by atoms with Gasteiger partial charge in [-0.2, -0.15) is 0 Å². The maximum absolute atomic E-state index is 10.2. The van der Waals surface area contributed by atoms with Gasteiger partial charge in [0.15, 0.2) is 0 Å². The molecule has 0 aromatic carbocycles. The summed E-state index contributed by atoms with van der Waals surface area (Å²) in [6.07, 6.45) is 1.45. The predicted octanol–water partition coefficient (Wildman–Crippen LogP) is -1.93. The van der Waals surface area contributed by atoms with Crippen molar-refractivity contribution in [2.75, 3.05) is 6.61 Å². The Labute approximate surface area is 51.7 Å². The molecule has 1 aliphatic heterocycles. The molecule has 1 heterocycles. The number of amides is 1. The molecule has 5 N–H and O–H groups in total. The van der Waals surface area contributed by atoms with Crippen LogP contribution in [0.1, 0.15) is 0 Å². The lowest BCUT2D eigenvalue weighted by Crippen LogP contribution is -2.14. The van der Waals surface area contributed by atoms with Crippen LogP contribution >= 0.6 is 0 Å². The summed E-state index contributed by atoms with van der Waals surface area (Å²) in [4.78, 5) is 14.8. The Morgan fingerprint density at radius 2 is 2.56 bits per heavy atom. The van der Waals surface area contributed by atoms with Crippen LogP contribution < -0.4 is 11.2 Å². The first-order valence-electron chi connectivity index (χ1n) is 2.17. The van der Waals surface area contributed by atoms with Crippen LogP contribution in [0.4, 0.5) is 0 Å². The van der Waals surface area contributed by atoms with Crippen molar-refractivity contribution in [1.29, 1.82) is 0 Å². The highest BCUT2D eigenvalue weighted by atomic mass is 16.6. The van der Waals surface area contributed by atoms with Gasteiger partial charge in [-0.25, -0.2) is 0 Å². The summed E-state index contributed by atoms with van der Waals surface area (Å²) in [6.45, 7) is 0.273. The number of carbonyl (C=O) groups is 1. The molecule has 0 bridgehead atoms. The lowest BCUT2D eigenvalue weighted by Gasteiger charge is -1.87. The second-order valence-electron chi connectivity index (χ2n) is 1.44. The predicted molar refractivity (Wildman–Crippen MR) is 30.0 cm³/mol. The Morgan fingerprint density at radius 1 is 1.89 bits per heavy atom. The van der Waals surface area contributed by atoms with E-state index >= 15 is 0 Å². The van der Waals surface area contributed by atoms with Crippen molar-refractivity contribution >= 4 is 5.91 Å². The van der Waals surface area contributed by atoms with E-state index in [0.29, 0.717) is 5.57 Å². The Balaban J connectivity index is 0.000000640. The number of primary amides is 1. The van der Waals surface area contributed by atoms with Gasteiger partial charge in [0, 0.05) is 6.20 Å². The van der Waals surface area contributed by atoms with Crippen LogP contribution in [0.3, 0.4) is 0 Å². The average molecular weight is 132 g/mol. The van der Waals surface area contributed by atoms with Crippen molar-refractivity contribution < 1.29 is 15.1 Å². The molecular weight excluding hydrogens is 124 g/mol. The summed E-state index contributed by atoms with van der Waals surface area (Å²) in [7, 11) is 0. The molecule has 0 aliphatic carbocycles. The Morgan fingerprint density at radius 3 is 2.78 bits per heavy atom. The van der Waals surface area contributed by atoms with Gasteiger partial charge < -0.3 is 11.2 Å². The summed E-state index contributed by atoms with van der Waals surface area (Å²) in [5, 5.41) is 0. The number of rotatable bonds is 1. The molecule has 1 rings (SSSR count). The third-order valence-corrected chi connectivity index (χ3v) is 0.861. The molecule has 52 valence electrons. The average Bonchev–Trinajstić information content (AvgIpc) is 2.12. The molecule has 0 spiro atoms. The van der Waals surface area contributed by atoms with E-state index in [1.165, 1.54) is 6.20 Å². The van der Waals surface area contributed by atoms with Gasteiger partial charge in [-0.05, 0) is 0 Å². The van der Waals surface area contributed by atoms with Crippen molar-refractivity contribution in [3.8, 4) is 0 Å². The van der Waals surface area contributed by atoms with Crippen LogP contribution in [-0.4, -0.2) is 18.0 Å². The molecule has 9 heavy (non-hydrogen) atoms. The maximum Gasteiger partial charge on any atom is 0.248 e. The zero-order valence-corrected chi connectivity index (χ0v) is 4.68. The minimum Gasteiger partial charge on any atom is -0.412 e. The third-order valence-electron chi connectivity index (χ3n) is 0.861. The van der Waals surface area contributed by atoms with E-state index in [9.17, 15) is 4.79 Å². The molecule has 0 aromatic rings.